The number of amides is 1. The number of anilines is 1. The minimum atomic E-state index is -3.79. The fourth-order valence-corrected chi connectivity index (χ4v) is 4.72. The number of sulfonamides is 1. The first kappa shape index (κ1) is 23.2. The molecule has 0 atom stereocenters. The molecule has 0 aliphatic carbocycles. The molecule has 0 aliphatic heterocycles. The zero-order valence-electron chi connectivity index (χ0n) is 16.9. The van der Waals surface area contributed by atoms with E-state index >= 15 is 0 Å². The lowest BCUT2D eigenvalue weighted by molar-refractivity contribution is 0.102. The van der Waals surface area contributed by atoms with Gasteiger partial charge in [-0.3, -0.25) is 4.79 Å². The summed E-state index contributed by atoms with van der Waals surface area (Å²) in [5, 5.41) is 2.87. The van der Waals surface area contributed by atoms with Crippen LogP contribution in [0.5, 0.6) is 5.75 Å². The third-order valence-corrected chi connectivity index (χ3v) is 6.94. The fourth-order valence-electron chi connectivity index (χ4n) is 2.76. The van der Waals surface area contributed by atoms with Crippen LogP contribution in [0.2, 0.25) is 5.02 Å². The highest BCUT2D eigenvalue weighted by atomic mass is 35.5. The highest BCUT2D eigenvalue weighted by Gasteiger charge is 2.25. The highest BCUT2D eigenvalue weighted by Crippen LogP contribution is 2.28. The molecular formula is C21H27ClN2O4S. The molecule has 0 saturated heterocycles. The van der Waals surface area contributed by atoms with Crippen molar-refractivity contribution < 1.29 is 17.9 Å². The highest BCUT2D eigenvalue weighted by molar-refractivity contribution is 7.89. The predicted octanol–water partition coefficient (Wildman–Crippen LogP) is 4.80. The summed E-state index contributed by atoms with van der Waals surface area (Å²) in [5.74, 6) is 0.128. The Hall–Kier alpha value is -2.09. The summed E-state index contributed by atoms with van der Waals surface area (Å²) in [6.45, 7) is 6.75. The maximum Gasteiger partial charge on any atom is 0.255 e. The van der Waals surface area contributed by atoms with E-state index in [2.05, 4.69) is 12.2 Å². The van der Waals surface area contributed by atoms with Gasteiger partial charge in [-0.05, 0) is 36.8 Å². The molecule has 0 bridgehead atoms. The molecule has 0 spiro atoms. The van der Waals surface area contributed by atoms with Crippen LogP contribution >= 0.6 is 11.6 Å². The standard InChI is InChI=1S/C21H27ClN2O4S/c1-4-7-14-28-19-11-9-8-10-18(19)23-21(25)16-12-13-17(22)20(15-16)29(26,27)24(5-2)6-3/h8-13,15H,4-7,14H2,1-3H3,(H,23,25). The molecule has 0 fully saturated rings. The van der Waals surface area contributed by atoms with Gasteiger partial charge in [0, 0.05) is 18.7 Å². The maximum atomic E-state index is 12.8. The second-order valence-electron chi connectivity index (χ2n) is 6.39. The van der Waals surface area contributed by atoms with Crippen LogP contribution in [-0.2, 0) is 10.0 Å². The molecule has 8 heteroatoms. The van der Waals surface area contributed by atoms with E-state index in [1.807, 2.05) is 6.07 Å². The SMILES string of the molecule is CCCCOc1ccccc1NC(=O)c1ccc(Cl)c(S(=O)(=O)N(CC)CC)c1. The van der Waals surface area contributed by atoms with Crippen LogP contribution in [0.3, 0.4) is 0 Å². The lowest BCUT2D eigenvalue weighted by Crippen LogP contribution is -2.31. The number of nitrogens with zero attached hydrogens (tertiary/aromatic N) is 1. The minimum Gasteiger partial charge on any atom is -0.491 e. The Morgan fingerprint density at radius 1 is 1.10 bits per heavy atom. The van der Waals surface area contributed by atoms with Crippen molar-refractivity contribution in [2.45, 2.75) is 38.5 Å². The number of halogens is 1. The van der Waals surface area contributed by atoms with Gasteiger partial charge >= 0.3 is 0 Å². The van der Waals surface area contributed by atoms with Crippen molar-refractivity contribution in [2.24, 2.45) is 0 Å². The molecule has 0 aliphatic rings. The second kappa shape index (κ2) is 10.6. The first-order valence-electron chi connectivity index (χ1n) is 9.68. The molecule has 158 valence electrons. The average molecular weight is 439 g/mol. The summed E-state index contributed by atoms with van der Waals surface area (Å²) >= 11 is 6.14. The second-order valence-corrected chi connectivity index (χ2v) is 8.70. The van der Waals surface area contributed by atoms with Crippen molar-refractivity contribution in [3.8, 4) is 5.75 Å². The molecule has 6 nitrogen and oxygen atoms in total. The predicted molar refractivity (Wildman–Crippen MR) is 116 cm³/mol. The van der Waals surface area contributed by atoms with Crippen molar-refractivity contribution in [1.82, 2.24) is 4.31 Å². The molecule has 0 unspecified atom stereocenters. The third kappa shape index (κ3) is 5.72. The van der Waals surface area contributed by atoms with Gasteiger partial charge in [-0.15, -0.1) is 0 Å². The molecule has 2 rings (SSSR count). The maximum absolute atomic E-state index is 12.8. The van der Waals surface area contributed by atoms with Crippen molar-refractivity contribution >= 4 is 33.2 Å². The molecule has 2 aromatic rings. The summed E-state index contributed by atoms with van der Waals surface area (Å²) in [6, 6.07) is 11.4. The molecule has 29 heavy (non-hydrogen) atoms. The van der Waals surface area contributed by atoms with Crippen LogP contribution in [-0.4, -0.2) is 38.3 Å². The van der Waals surface area contributed by atoms with Gasteiger partial charge in [0.05, 0.1) is 17.3 Å². The molecule has 0 heterocycles. The monoisotopic (exact) mass is 438 g/mol. The van der Waals surface area contributed by atoms with Gasteiger partial charge in [-0.1, -0.05) is 50.9 Å². The average Bonchev–Trinajstić information content (AvgIpc) is 2.70. The van der Waals surface area contributed by atoms with Gasteiger partial charge in [0.15, 0.2) is 0 Å². The third-order valence-electron chi connectivity index (χ3n) is 4.41. The number of para-hydroxylation sites is 2. The molecule has 0 radical (unpaired) electrons. The molecule has 1 N–H and O–H groups in total. The van der Waals surface area contributed by atoms with Crippen LogP contribution in [0.15, 0.2) is 47.4 Å². The summed E-state index contributed by atoms with van der Waals surface area (Å²) in [5.41, 5.74) is 0.722. The Morgan fingerprint density at radius 2 is 1.79 bits per heavy atom. The first-order chi connectivity index (χ1) is 13.8. The van der Waals surface area contributed by atoms with Gasteiger partial charge in [-0.2, -0.15) is 4.31 Å². The molecule has 2 aromatic carbocycles. The van der Waals surface area contributed by atoms with E-state index in [1.165, 1.54) is 22.5 Å². The van der Waals surface area contributed by atoms with Crippen molar-refractivity contribution in [3.63, 3.8) is 0 Å². The van der Waals surface area contributed by atoms with Crippen LogP contribution in [0.1, 0.15) is 44.0 Å². The Balaban J connectivity index is 2.30. The number of nitrogens with one attached hydrogen (secondary N) is 1. The van der Waals surface area contributed by atoms with Crippen molar-refractivity contribution in [2.75, 3.05) is 25.0 Å². The Kier molecular flexibility index (Phi) is 8.49. The lowest BCUT2D eigenvalue weighted by atomic mass is 10.2. The normalized spacial score (nSPS) is 11.5. The molecule has 0 aromatic heterocycles. The van der Waals surface area contributed by atoms with Gasteiger partial charge in [0.1, 0.15) is 10.6 Å². The number of hydrogen-bond donors (Lipinski definition) is 1. The van der Waals surface area contributed by atoms with Gasteiger partial charge in [-0.25, -0.2) is 8.42 Å². The number of ether oxygens (including phenoxy) is 1. The number of carbonyl (C=O) groups excluding carboxylic acids is 1. The smallest absolute Gasteiger partial charge is 0.255 e. The minimum absolute atomic E-state index is 0.0803. The Bertz CT molecular complexity index is 943. The van der Waals surface area contributed by atoms with E-state index in [4.69, 9.17) is 16.3 Å². The Labute approximate surface area is 177 Å². The van der Waals surface area contributed by atoms with Crippen molar-refractivity contribution in [1.29, 1.82) is 0 Å². The summed E-state index contributed by atoms with van der Waals surface area (Å²) in [4.78, 5) is 12.7. The lowest BCUT2D eigenvalue weighted by Gasteiger charge is -2.19. The zero-order chi connectivity index (χ0) is 21.4. The number of carbonyl (C=O) groups is 1. The van der Waals surface area contributed by atoms with Gasteiger partial charge in [0.2, 0.25) is 10.0 Å². The largest absolute Gasteiger partial charge is 0.491 e. The van der Waals surface area contributed by atoms with E-state index in [-0.39, 0.29) is 15.5 Å². The van der Waals surface area contributed by atoms with Gasteiger partial charge < -0.3 is 10.1 Å². The quantitative estimate of drug-likeness (QED) is 0.540. The Morgan fingerprint density at radius 3 is 2.45 bits per heavy atom. The number of hydrogen-bond acceptors (Lipinski definition) is 4. The molecular weight excluding hydrogens is 412 g/mol. The zero-order valence-corrected chi connectivity index (χ0v) is 18.5. The van der Waals surface area contributed by atoms with E-state index < -0.39 is 15.9 Å². The van der Waals surface area contributed by atoms with Crippen LogP contribution in [0, 0.1) is 0 Å². The van der Waals surface area contributed by atoms with E-state index in [1.54, 1.807) is 32.0 Å². The first-order valence-corrected chi connectivity index (χ1v) is 11.5. The van der Waals surface area contributed by atoms with E-state index in [0.29, 0.717) is 31.1 Å². The van der Waals surface area contributed by atoms with E-state index in [0.717, 1.165) is 12.8 Å². The van der Waals surface area contributed by atoms with Crippen LogP contribution in [0.25, 0.3) is 0 Å². The van der Waals surface area contributed by atoms with Crippen LogP contribution in [0.4, 0.5) is 5.69 Å². The molecule has 0 saturated carbocycles. The topological polar surface area (TPSA) is 75.7 Å². The van der Waals surface area contributed by atoms with Crippen molar-refractivity contribution in [3.05, 3.63) is 53.1 Å². The van der Waals surface area contributed by atoms with Gasteiger partial charge in [0.25, 0.3) is 5.91 Å². The fraction of sp³-hybridized carbons (Fsp3) is 0.381. The summed E-state index contributed by atoms with van der Waals surface area (Å²) in [7, 11) is -3.79. The summed E-state index contributed by atoms with van der Waals surface area (Å²) in [6.07, 6.45) is 1.91. The van der Waals surface area contributed by atoms with E-state index in [9.17, 15) is 13.2 Å². The number of rotatable bonds is 10. The summed E-state index contributed by atoms with van der Waals surface area (Å²) < 4.78 is 32.7. The molecule has 1 amide bonds. The number of benzene rings is 2. The van der Waals surface area contributed by atoms with Crippen LogP contribution < -0.4 is 10.1 Å². The number of unbranched alkanes of at least 4 members (excludes halogenated alkanes) is 1.